The quantitative estimate of drug-likeness (QED) is 0.703. The zero-order chi connectivity index (χ0) is 16.5. The lowest BCUT2D eigenvalue weighted by molar-refractivity contribution is -0.133. The topological polar surface area (TPSA) is 49.9 Å². The number of hydrogen-bond acceptors (Lipinski definition) is 3. The Balaban J connectivity index is 1.63. The molecular weight excluding hydrogens is 292 g/mol. The lowest BCUT2D eigenvalue weighted by Crippen LogP contribution is -2.50. The minimum absolute atomic E-state index is 0.229. The van der Waals surface area contributed by atoms with Gasteiger partial charge in [0, 0.05) is 32.6 Å². The molecule has 2 fully saturated rings. The second kappa shape index (κ2) is 9.78. The number of carbonyl (C=O) groups excluding carboxylic acids is 2. The predicted octanol–water partition coefficient (Wildman–Crippen LogP) is 3.43. The van der Waals surface area contributed by atoms with Gasteiger partial charge in [-0.05, 0) is 18.8 Å². The van der Waals surface area contributed by atoms with Crippen LogP contribution in [0, 0.1) is 5.92 Å². The second-order valence-corrected chi connectivity index (χ2v) is 6.88. The average molecular weight is 324 g/mol. The third kappa shape index (κ3) is 6.04. The molecule has 5 nitrogen and oxygen atoms in total. The number of hydrogen-bond donors (Lipinski definition) is 0. The zero-order valence-corrected chi connectivity index (χ0v) is 14.6. The summed E-state index contributed by atoms with van der Waals surface area (Å²) in [6.07, 6.45) is 10.0. The summed E-state index contributed by atoms with van der Waals surface area (Å²) in [6.45, 7) is 5.06. The van der Waals surface area contributed by atoms with Gasteiger partial charge in [0.05, 0.1) is 6.61 Å². The zero-order valence-electron chi connectivity index (χ0n) is 14.6. The molecule has 0 spiro atoms. The molecule has 2 rings (SSSR count). The van der Waals surface area contributed by atoms with E-state index in [1.807, 2.05) is 4.90 Å². The van der Waals surface area contributed by atoms with E-state index in [1.165, 1.54) is 32.1 Å². The summed E-state index contributed by atoms with van der Waals surface area (Å²) in [7, 11) is 0. The molecule has 132 valence electrons. The number of amides is 2. The van der Waals surface area contributed by atoms with Crippen molar-refractivity contribution in [2.24, 2.45) is 5.92 Å². The van der Waals surface area contributed by atoms with Gasteiger partial charge >= 0.3 is 6.09 Å². The molecule has 1 aliphatic carbocycles. The lowest BCUT2D eigenvalue weighted by Gasteiger charge is -2.34. The van der Waals surface area contributed by atoms with Crippen molar-refractivity contribution in [3.8, 4) is 0 Å². The Morgan fingerprint density at radius 3 is 2.30 bits per heavy atom. The van der Waals surface area contributed by atoms with Gasteiger partial charge in [-0.15, -0.1) is 0 Å². The van der Waals surface area contributed by atoms with Crippen molar-refractivity contribution in [1.82, 2.24) is 9.80 Å². The highest BCUT2D eigenvalue weighted by atomic mass is 16.6. The first-order valence-electron chi connectivity index (χ1n) is 9.40. The fraction of sp³-hybridized carbons (Fsp3) is 0.889. The molecule has 0 aromatic heterocycles. The van der Waals surface area contributed by atoms with Crippen molar-refractivity contribution in [1.29, 1.82) is 0 Å². The van der Waals surface area contributed by atoms with Crippen LogP contribution in [0.25, 0.3) is 0 Å². The Kier molecular flexibility index (Phi) is 7.69. The fourth-order valence-electron chi connectivity index (χ4n) is 3.50. The van der Waals surface area contributed by atoms with Crippen molar-refractivity contribution in [2.45, 2.75) is 64.7 Å². The number of carbonyl (C=O) groups is 2. The molecule has 1 aliphatic heterocycles. The van der Waals surface area contributed by atoms with Crippen molar-refractivity contribution < 1.29 is 14.3 Å². The number of rotatable bonds is 6. The first-order chi connectivity index (χ1) is 11.2. The lowest BCUT2D eigenvalue weighted by atomic mass is 9.86. The molecule has 2 aliphatic rings. The van der Waals surface area contributed by atoms with E-state index in [-0.39, 0.29) is 12.0 Å². The van der Waals surface area contributed by atoms with Gasteiger partial charge in [0.25, 0.3) is 0 Å². The van der Waals surface area contributed by atoms with E-state index in [4.69, 9.17) is 4.74 Å². The maximum Gasteiger partial charge on any atom is 0.409 e. The van der Waals surface area contributed by atoms with Crippen molar-refractivity contribution in [3.05, 3.63) is 0 Å². The third-order valence-corrected chi connectivity index (χ3v) is 5.11. The van der Waals surface area contributed by atoms with E-state index in [2.05, 4.69) is 6.92 Å². The Morgan fingerprint density at radius 2 is 1.65 bits per heavy atom. The van der Waals surface area contributed by atoms with Crippen LogP contribution < -0.4 is 0 Å². The molecule has 0 atom stereocenters. The van der Waals surface area contributed by atoms with Gasteiger partial charge in [0.1, 0.15) is 0 Å². The van der Waals surface area contributed by atoms with Gasteiger partial charge < -0.3 is 14.5 Å². The minimum atomic E-state index is -0.229. The number of ether oxygens (including phenoxy) is 1. The molecule has 5 heteroatoms. The monoisotopic (exact) mass is 324 g/mol. The van der Waals surface area contributed by atoms with E-state index in [0.717, 1.165) is 25.2 Å². The summed E-state index contributed by atoms with van der Waals surface area (Å²) < 4.78 is 5.23. The van der Waals surface area contributed by atoms with Crippen molar-refractivity contribution in [3.63, 3.8) is 0 Å². The highest BCUT2D eigenvalue weighted by Gasteiger charge is 2.25. The largest absolute Gasteiger partial charge is 0.449 e. The molecule has 2 amide bonds. The van der Waals surface area contributed by atoms with Crippen LogP contribution >= 0.6 is 0 Å². The van der Waals surface area contributed by atoms with E-state index >= 15 is 0 Å². The van der Waals surface area contributed by atoms with Crippen LogP contribution in [-0.4, -0.2) is 54.6 Å². The maximum atomic E-state index is 12.3. The third-order valence-electron chi connectivity index (χ3n) is 5.11. The minimum Gasteiger partial charge on any atom is -0.449 e. The molecule has 0 aromatic rings. The second-order valence-electron chi connectivity index (χ2n) is 6.88. The van der Waals surface area contributed by atoms with Gasteiger partial charge in [-0.2, -0.15) is 0 Å². The maximum absolute atomic E-state index is 12.3. The van der Waals surface area contributed by atoms with Gasteiger partial charge in [-0.1, -0.05) is 45.4 Å². The van der Waals surface area contributed by atoms with Crippen LogP contribution in [0.15, 0.2) is 0 Å². The standard InChI is InChI=1S/C18H32N2O3/c1-2-3-15-23-18(22)20-13-11-19(12-14-20)17(21)10-9-16-7-5-4-6-8-16/h16H,2-15H2,1H3. The average Bonchev–Trinajstić information content (AvgIpc) is 2.61. The predicted molar refractivity (Wildman–Crippen MR) is 90.2 cm³/mol. The molecule has 1 saturated carbocycles. The molecule has 1 saturated heterocycles. The van der Waals surface area contributed by atoms with Crippen molar-refractivity contribution in [2.75, 3.05) is 32.8 Å². The highest BCUT2D eigenvalue weighted by Crippen LogP contribution is 2.27. The van der Waals surface area contributed by atoms with Gasteiger partial charge in [-0.3, -0.25) is 4.79 Å². The summed E-state index contributed by atoms with van der Waals surface area (Å²) in [5.41, 5.74) is 0. The van der Waals surface area contributed by atoms with E-state index in [9.17, 15) is 9.59 Å². The summed E-state index contributed by atoms with van der Waals surface area (Å²) in [4.78, 5) is 27.8. The number of unbranched alkanes of at least 4 members (excludes halogenated alkanes) is 1. The normalized spacial score (nSPS) is 19.7. The molecule has 0 radical (unpaired) electrons. The van der Waals surface area contributed by atoms with Gasteiger partial charge in [0.2, 0.25) is 5.91 Å². The van der Waals surface area contributed by atoms with Crippen LogP contribution in [-0.2, 0) is 9.53 Å². The molecule has 0 N–H and O–H groups in total. The first kappa shape index (κ1) is 18.1. The summed E-state index contributed by atoms with van der Waals surface area (Å²) in [6, 6.07) is 0. The van der Waals surface area contributed by atoms with Crippen LogP contribution in [0.5, 0.6) is 0 Å². The Bertz CT molecular complexity index is 372. The fourth-order valence-corrected chi connectivity index (χ4v) is 3.50. The van der Waals surface area contributed by atoms with Crippen LogP contribution in [0.4, 0.5) is 4.79 Å². The van der Waals surface area contributed by atoms with Crippen LogP contribution in [0.1, 0.15) is 64.7 Å². The van der Waals surface area contributed by atoms with Gasteiger partial charge in [-0.25, -0.2) is 4.79 Å². The van der Waals surface area contributed by atoms with Crippen LogP contribution in [0.2, 0.25) is 0 Å². The number of nitrogens with zero attached hydrogens (tertiary/aromatic N) is 2. The smallest absolute Gasteiger partial charge is 0.409 e. The Hall–Kier alpha value is -1.26. The molecule has 0 aromatic carbocycles. The molecular formula is C18H32N2O3. The molecule has 1 heterocycles. The van der Waals surface area contributed by atoms with E-state index in [1.54, 1.807) is 4.90 Å². The van der Waals surface area contributed by atoms with Gasteiger partial charge in [0.15, 0.2) is 0 Å². The Labute approximate surface area is 140 Å². The van der Waals surface area contributed by atoms with Crippen LogP contribution in [0.3, 0.4) is 0 Å². The SMILES string of the molecule is CCCCOC(=O)N1CCN(C(=O)CCC2CCCCC2)CC1. The van der Waals surface area contributed by atoms with E-state index < -0.39 is 0 Å². The van der Waals surface area contributed by atoms with E-state index in [0.29, 0.717) is 39.2 Å². The summed E-state index contributed by atoms with van der Waals surface area (Å²) in [5, 5.41) is 0. The highest BCUT2D eigenvalue weighted by molar-refractivity contribution is 5.76. The molecule has 23 heavy (non-hydrogen) atoms. The molecule has 0 bridgehead atoms. The Morgan fingerprint density at radius 1 is 1.00 bits per heavy atom. The number of piperazine rings is 1. The first-order valence-corrected chi connectivity index (χ1v) is 9.40. The van der Waals surface area contributed by atoms with Crippen molar-refractivity contribution >= 4 is 12.0 Å². The molecule has 0 unspecified atom stereocenters. The summed E-state index contributed by atoms with van der Waals surface area (Å²) in [5.74, 6) is 1.01. The summed E-state index contributed by atoms with van der Waals surface area (Å²) >= 11 is 0.